The van der Waals surface area contributed by atoms with Crippen molar-refractivity contribution in [3.05, 3.63) is 11.9 Å². The predicted molar refractivity (Wildman–Crippen MR) is 52.9 cm³/mol. The van der Waals surface area contributed by atoms with Crippen LogP contribution in [0.1, 0.15) is 0 Å². The first-order valence-electron chi connectivity index (χ1n) is 4.60. The van der Waals surface area contributed by atoms with Crippen molar-refractivity contribution < 1.29 is 14.3 Å². The number of nitrogens with one attached hydrogen (secondary N) is 2. The topological polar surface area (TPSA) is 88.8 Å². The Labute approximate surface area is 88.1 Å². The zero-order valence-corrected chi connectivity index (χ0v) is 8.66. The lowest BCUT2D eigenvalue weighted by atomic mass is 10.4. The summed E-state index contributed by atoms with van der Waals surface area (Å²) >= 11 is 0. The van der Waals surface area contributed by atoms with E-state index >= 15 is 0 Å². The van der Waals surface area contributed by atoms with E-state index in [4.69, 9.17) is 15.2 Å². The van der Waals surface area contributed by atoms with Crippen LogP contribution in [0, 0.1) is 0 Å². The van der Waals surface area contributed by atoms with Crippen molar-refractivity contribution in [2.24, 2.45) is 5.73 Å². The van der Waals surface area contributed by atoms with E-state index in [1.807, 2.05) is 0 Å². The van der Waals surface area contributed by atoms with Crippen LogP contribution < -0.4 is 16.7 Å². The normalized spacial score (nSPS) is 15.0. The third kappa shape index (κ3) is 4.15. The molecule has 0 radical (unpaired) electrons. The van der Waals surface area contributed by atoms with Gasteiger partial charge in [-0.25, -0.2) is 0 Å². The number of carbonyl (C=O) groups is 1. The highest BCUT2D eigenvalue weighted by atomic mass is 16.5. The number of amides is 1. The van der Waals surface area contributed by atoms with Gasteiger partial charge >= 0.3 is 0 Å². The van der Waals surface area contributed by atoms with Crippen molar-refractivity contribution in [1.29, 1.82) is 0 Å². The smallest absolute Gasteiger partial charge is 0.267 e. The van der Waals surface area contributed by atoms with Crippen molar-refractivity contribution in [3.63, 3.8) is 0 Å². The Kier molecular flexibility index (Phi) is 4.88. The molecule has 86 valence electrons. The first kappa shape index (κ1) is 11.8. The number of ether oxygens (including phenoxy) is 2. The summed E-state index contributed by atoms with van der Waals surface area (Å²) in [5.74, 6) is -0.495. The van der Waals surface area contributed by atoms with Gasteiger partial charge in [-0.15, -0.1) is 5.53 Å². The van der Waals surface area contributed by atoms with Crippen LogP contribution >= 0.6 is 0 Å². The maximum atomic E-state index is 10.7. The van der Waals surface area contributed by atoms with Gasteiger partial charge in [0, 0.05) is 13.3 Å². The number of primary amides is 1. The standard InChI is InChI=1S/C8H16N4O3/c1-14-4-5-15-3-2-12-6-7(8(9)13)10-11-12/h6,10-11H,2-5H2,1H3,(H2,9,13). The Hall–Kier alpha value is -1.31. The van der Waals surface area contributed by atoms with Crippen LogP contribution in [0.2, 0.25) is 0 Å². The monoisotopic (exact) mass is 216 g/mol. The number of methoxy groups -OCH3 is 1. The third-order valence-electron chi connectivity index (χ3n) is 1.79. The summed E-state index contributed by atoms with van der Waals surface area (Å²) in [6.45, 7) is 2.30. The van der Waals surface area contributed by atoms with Crippen LogP contribution in [0.25, 0.3) is 0 Å². The molecule has 0 saturated heterocycles. The van der Waals surface area contributed by atoms with E-state index in [9.17, 15) is 4.79 Å². The van der Waals surface area contributed by atoms with Gasteiger partial charge < -0.3 is 15.2 Å². The molecule has 0 aromatic heterocycles. The Morgan fingerprint density at radius 1 is 1.53 bits per heavy atom. The lowest BCUT2D eigenvalue weighted by Gasteiger charge is -2.14. The first-order chi connectivity index (χ1) is 7.24. The van der Waals surface area contributed by atoms with Crippen LogP contribution in [0.5, 0.6) is 0 Å². The number of nitrogens with zero attached hydrogens (tertiary/aromatic N) is 1. The lowest BCUT2D eigenvalue weighted by molar-refractivity contribution is -0.114. The average Bonchev–Trinajstić information content (AvgIpc) is 2.66. The first-order valence-corrected chi connectivity index (χ1v) is 4.60. The van der Waals surface area contributed by atoms with Crippen LogP contribution in [0.4, 0.5) is 0 Å². The number of carbonyl (C=O) groups excluding carboxylic acids is 1. The zero-order valence-electron chi connectivity index (χ0n) is 8.66. The number of nitrogens with two attached hydrogens (primary N) is 1. The molecule has 0 bridgehead atoms. The lowest BCUT2D eigenvalue weighted by Crippen LogP contribution is -2.39. The zero-order chi connectivity index (χ0) is 11.1. The minimum Gasteiger partial charge on any atom is -0.382 e. The summed E-state index contributed by atoms with van der Waals surface area (Å²) in [6.07, 6.45) is 1.60. The second kappa shape index (κ2) is 6.23. The Morgan fingerprint density at radius 2 is 2.33 bits per heavy atom. The van der Waals surface area contributed by atoms with Crippen molar-refractivity contribution in [1.82, 2.24) is 16.0 Å². The van der Waals surface area contributed by atoms with Crippen LogP contribution in [0.3, 0.4) is 0 Å². The Morgan fingerprint density at radius 3 is 2.93 bits per heavy atom. The molecule has 0 fully saturated rings. The highest BCUT2D eigenvalue weighted by Gasteiger charge is 2.14. The minimum atomic E-state index is -0.495. The molecule has 0 spiro atoms. The molecule has 1 amide bonds. The van der Waals surface area contributed by atoms with Crippen molar-refractivity contribution in [2.45, 2.75) is 0 Å². The van der Waals surface area contributed by atoms with Crippen LogP contribution in [0.15, 0.2) is 11.9 Å². The van der Waals surface area contributed by atoms with E-state index in [-0.39, 0.29) is 0 Å². The molecule has 4 N–H and O–H groups in total. The van der Waals surface area contributed by atoms with E-state index in [1.54, 1.807) is 18.3 Å². The van der Waals surface area contributed by atoms with Gasteiger partial charge in [-0.3, -0.25) is 15.2 Å². The second-order valence-corrected chi connectivity index (χ2v) is 2.94. The van der Waals surface area contributed by atoms with E-state index in [2.05, 4.69) is 11.0 Å². The molecule has 0 saturated carbocycles. The van der Waals surface area contributed by atoms with E-state index < -0.39 is 5.91 Å². The molecule has 1 aliphatic heterocycles. The molecule has 1 heterocycles. The maximum Gasteiger partial charge on any atom is 0.267 e. The van der Waals surface area contributed by atoms with Gasteiger partial charge in [0.25, 0.3) is 5.91 Å². The largest absolute Gasteiger partial charge is 0.382 e. The van der Waals surface area contributed by atoms with Gasteiger partial charge in [0.2, 0.25) is 0 Å². The quantitative estimate of drug-likeness (QED) is 0.440. The molecular weight excluding hydrogens is 200 g/mol. The fourth-order valence-electron chi connectivity index (χ4n) is 1.01. The fourth-order valence-corrected chi connectivity index (χ4v) is 1.01. The van der Waals surface area contributed by atoms with Gasteiger partial charge in [0.15, 0.2) is 0 Å². The maximum absolute atomic E-state index is 10.7. The molecule has 0 atom stereocenters. The Bertz CT molecular complexity index is 244. The summed E-state index contributed by atoms with van der Waals surface area (Å²) in [6, 6.07) is 0. The van der Waals surface area contributed by atoms with Gasteiger partial charge in [-0.1, -0.05) is 0 Å². The average molecular weight is 216 g/mol. The molecular formula is C8H16N4O3. The summed E-state index contributed by atoms with van der Waals surface area (Å²) in [5, 5.41) is 1.69. The summed E-state index contributed by atoms with van der Waals surface area (Å²) in [4.78, 5) is 10.7. The number of hydrazine groups is 2. The predicted octanol–water partition coefficient (Wildman–Crippen LogP) is -1.70. The summed E-state index contributed by atoms with van der Waals surface area (Å²) < 4.78 is 10.1. The van der Waals surface area contributed by atoms with Crippen LogP contribution in [-0.4, -0.2) is 44.4 Å². The molecule has 1 aliphatic rings. The van der Waals surface area contributed by atoms with Crippen molar-refractivity contribution >= 4 is 5.91 Å². The van der Waals surface area contributed by atoms with Gasteiger partial charge in [-0.05, 0) is 0 Å². The molecule has 0 aromatic carbocycles. The van der Waals surface area contributed by atoms with Gasteiger partial charge in [-0.2, -0.15) is 0 Å². The molecule has 7 nitrogen and oxygen atoms in total. The third-order valence-corrected chi connectivity index (χ3v) is 1.79. The fraction of sp³-hybridized carbons (Fsp3) is 0.625. The van der Waals surface area contributed by atoms with Crippen molar-refractivity contribution in [3.8, 4) is 0 Å². The molecule has 1 rings (SSSR count). The molecule has 0 aliphatic carbocycles. The second-order valence-electron chi connectivity index (χ2n) is 2.94. The van der Waals surface area contributed by atoms with E-state index in [0.717, 1.165) is 0 Å². The molecule has 7 heteroatoms. The SMILES string of the molecule is COCCOCCN1C=C(C(N)=O)NN1. The van der Waals surface area contributed by atoms with Gasteiger partial charge in [0.1, 0.15) is 5.70 Å². The number of rotatable bonds is 7. The number of hydrogen-bond acceptors (Lipinski definition) is 6. The van der Waals surface area contributed by atoms with Crippen LogP contribution in [-0.2, 0) is 14.3 Å². The Balaban J connectivity index is 2.11. The van der Waals surface area contributed by atoms with Gasteiger partial charge in [0.05, 0.1) is 26.4 Å². The molecule has 0 aromatic rings. The minimum absolute atomic E-state index is 0.340. The highest BCUT2D eigenvalue weighted by molar-refractivity contribution is 5.91. The number of hydrogen-bond donors (Lipinski definition) is 3. The summed E-state index contributed by atoms with van der Waals surface area (Å²) in [7, 11) is 1.62. The highest BCUT2D eigenvalue weighted by Crippen LogP contribution is 1.97. The van der Waals surface area contributed by atoms with E-state index in [1.165, 1.54) is 0 Å². The summed E-state index contributed by atoms with van der Waals surface area (Å²) in [5.41, 5.74) is 10.8. The molecule has 0 unspecified atom stereocenters. The molecule has 15 heavy (non-hydrogen) atoms. The van der Waals surface area contributed by atoms with Crippen molar-refractivity contribution in [2.75, 3.05) is 33.5 Å². The van der Waals surface area contributed by atoms with E-state index in [0.29, 0.717) is 32.1 Å².